The van der Waals surface area contributed by atoms with E-state index in [9.17, 15) is 10.1 Å². The number of hydrogen-bond donors (Lipinski definition) is 1. The summed E-state index contributed by atoms with van der Waals surface area (Å²) in [5.41, 5.74) is 0.638. The lowest BCUT2D eigenvalue weighted by atomic mass is 9.82. The van der Waals surface area contributed by atoms with Gasteiger partial charge in [0.1, 0.15) is 5.69 Å². The molecule has 1 saturated heterocycles. The first kappa shape index (κ1) is 14.1. The molecule has 1 aliphatic heterocycles. The van der Waals surface area contributed by atoms with Crippen LogP contribution in [0.1, 0.15) is 19.8 Å². The van der Waals surface area contributed by atoms with Gasteiger partial charge in [0, 0.05) is 30.8 Å². The zero-order chi connectivity index (χ0) is 13.9. The minimum atomic E-state index is -0.398. The van der Waals surface area contributed by atoms with Crippen LogP contribution in [-0.4, -0.2) is 24.7 Å². The van der Waals surface area contributed by atoms with Gasteiger partial charge < -0.3 is 10.1 Å². The monoisotopic (exact) mass is 284 g/mol. The van der Waals surface area contributed by atoms with E-state index >= 15 is 0 Å². The first-order chi connectivity index (χ1) is 9.00. The maximum Gasteiger partial charge on any atom is 0.292 e. The first-order valence-corrected chi connectivity index (χ1v) is 6.64. The smallest absolute Gasteiger partial charge is 0.292 e. The predicted molar refractivity (Wildman–Crippen MR) is 74.8 cm³/mol. The van der Waals surface area contributed by atoms with Crippen molar-refractivity contribution < 1.29 is 9.66 Å². The molecule has 1 aliphatic rings. The van der Waals surface area contributed by atoms with Crippen LogP contribution in [0.4, 0.5) is 11.4 Å². The Bertz CT molecular complexity index is 473. The molecule has 0 amide bonds. The molecule has 1 aromatic carbocycles. The number of benzene rings is 1. The second-order valence-corrected chi connectivity index (χ2v) is 5.63. The van der Waals surface area contributed by atoms with Crippen LogP contribution >= 0.6 is 11.6 Å². The van der Waals surface area contributed by atoms with E-state index in [1.165, 1.54) is 12.1 Å². The number of nitrogens with one attached hydrogen (secondary N) is 1. The predicted octanol–water partition coefficient (Wildman–Crippen LogP) is 3.48. The Balaban J connectivity index is 2.10. The normalized spacial score (nSPS) is 18.0. The summed E-state index contributed by atoms with van der Waals surface area (Å²) in [6.07, 6.45) is 1.91. The molecule has 0 aliphatic carbocycles. The van der Waals surface area contributed by atoms with Gasteiger partial charge in [0.15, 0.2) is 0 Å². The lowest BCUT2D eigenvalue weighted by Gasteiger charge is -2.33. The van der Waals surface area contributed by atoms with Crippen LogP contribution in [0.15, 0.2) is 18.2 Å². The summed E-state index contributed by atoms with van der Waals surface area (Å²) in [7, 11) is 0. The van der Waals surface area contributed by atoms with Gasteiger partial charge in [-0.25, -0.2) is 0 Å². The Hall–Kier alpha value is -1.33. The van der Waals surface area contributed by atoms with Gasteiger partial charge in [0.25, 0.3) is 5.69 Å². The van der Waals surface area contributed by atoms with E-state index in [1.807, 2.05) is 0 Å². The summed E-state index contributed by atoms with van der Waals surface area (Å²) in [5.74, 6) is 0. The Morgan fingerprint density at radius 2 is 2.16 bits per heavy atom. The van der Waals surface area contributed by atoms with E-state index in [1.54, 1.807) is 6.07 Å². The average molecular weight is 285 g/mol. The van der Waals surface area contributed by atoms with Gasteiger partial charge in [-0.15, -0.1) is 0 Å². The molecule has 5 nitrogen and oxygen atoms in total. The summed E-state index contributed by atoms with van der Waals surface area (Å²) < 4.78 is 5.34. The average Bonchev–Trinajstić information content (AvgIpc) is 2.37. The van der Waals surface area contributed by atoms with E-state index in [0.717, 1.165) is 26.1 Å². The van der Waals surface area contributed by atoms with Crippen molar-refractivity contribution in [3.05, 3.63) is 33.3 Å². The second kappa shape index (κ2) is 5.75. The van der Waals surface area contributed by atoms with Crippen molar-refractivity contribution in [2.24, 2.45) is 5.41 Å². The van der Waals surface area contributed by atoms with E-state index in [-0.39, 0.29) is 11.1 Å². The summed E-state index contributed by atoms with van der Waals surface area (Å²) in [6, 6.07) is 4.56. The molecular weight excluding hydrogens is 268 g/mol. The molecule has 1 fully saturated rings. The zero-order valence-corrected chi connectivity index (χ0v) is 11.6. The van der Waals surface area contributed by atoms with Crippen molar-refractivity contribution in [3.8, 4) is 0 Å². The van der Waals surface area contributed by atoms with Crippen molar-refractivity contribution in [2.75, 3.05) is 25.1 Å². The molecule has 1 N–H and O–H groups in total. The molecule has 0 radical (unpaired) electrons. The van der Waals surface area contributed by atoms with Crippen molar-refractivity contribution in [3.63, 3.8) is 0 Å². The summed E-state index contributed by atoms with van der Waals surface area (Å²) >= 11 is 5.90. The number of hydrogen-bond acceptors (Lipinski definition) is 4. The molecule has 104 valence electrons. The van der Waals surface area contributed by atoms with E-state index in [4.69, 9.17) is 16.3 Å². The molecule has 1 aromatic rings. The fourth-order valence-corrected chi connectivity index (χ4v) is 2.33. The Labute approximate surface area is 117 Å². The van der Waals surface area contributed by atoms with Gasteiger partial charge in [0.2, 0.25) is 0 Å². The van der Waals surface area contributed by atoms with E-state index < -0.39 is 4.92 Å². The number of rotatable bonds is 4. The SMILES string of the molecule is CC1(CNc2cc(Cl)ccc2[N+](=O)[O-])CCOCC1. The molecule has 0 atom stereocenters. The van der Waals surface area contributed by atoms with E-state index in [2.05, 4.69) is 12.2 Å². The third-order valence-corrected chi connectivity index (χ3v) is 3.80. The summed E-state index contributed by atoms with van der Waals surface area (Å²) in [5, 5.41) is 14.6. The van der Waals surface area contributed by atoms with Crippen LogP contribution in [0.3, 0.4) is 0 Å². The minimum Gasteiger partial charge on any atom is -0.381 e. The zero-order valence-electron chi connectivity index (χ0n) is 10.8. The third kappa shape index (κ3) is 3.58. The Morgan fingerprint density at radius 3 is 2.79 bits per heavy atom. The van der Waals surface area contributed by atoms with Crippen LogP contribution in [0, 0.1) is 15.5 Å². The second-order valence-electron chi connectivity index (χ2n) is 5.20. The molecule has 1 heterocycles. The lowest BCUT2D eigenvalue weighted by Crippen LogP contribution is -2.33. The number of halogens is 1. The van der Waals surface area contributed by atoms with Crippen molar-refractivity contribution in [2.45, 2.75) is 19.8 Å². The van der Waals surface area contributed by atoms with Gasteiger partial charge in [-0.1, -0.05) is 18.5 Å². The molecular formula is C13H17ClN2O3. The first-order valence-electron chi connectivity index (χ1n) is 6.26. The molecule has 19 heavy (non-hydrogen) atoms. The quantitative estimate of drug-likeness (QED) is 0.679. The lowest BCUT2D eigenvalue weighted by molar-refractivity contribution is -0.384. The number of nitro groups is 1. The highest BCUT2D eigenvalue weighted by Crippen LogP contribution is 2.33. The largest absolute Gasteiger partial charge is 0.381 e. The van der Waals surface area contributed by atoms with Gasteiger partial charge in [-0.05, 0) is 30.4 Å². The Morgan fingerprint density at radius 1 is 1.47 bits per heavy atom. The standard InChI is InChI=1S/C13H17ClN2O3/c1-13(4-6-19-7-5-13)9-15-11-8-10(14)2-3-12(11)16(17)18/h2-3,8,15H,4-7,9H2,1H3. The molecule has 0 unspecified atom stereocenters. The van der Waals surface area contributed by atoms with Crippen LogP contribution < -0.4 is 5.32 Å². The minimum absolute atomic E-state index is 0.0556. The van der Waals surface area contributed by atoms with E-state index in [0.29, 0.717) is 17.3 Å². The maximum absolute atomic E-state index is 11.0. The topological polar surface area (TPSA) is 64.4 Å². The Kier molecular flexibility index (Phi) is 4.27. The molecule has 6 heteroatoms. The van der Waals surface area contributed by atoms with Gasteiger partial charge in [0.05, 0.1) is 4.92 Å². The van der Waals surface area contributed by atoms with Gasteiger partial charge in [-0.3, -0.25) is 10.1 Å². The van der Waals surface area contributed by atoms with Crippen LogP contribution in [0.2, 0.25) is 5.02 Å². The molecule has 0 aromatic heterocycles. The fraction of sp³-hybridized carbons (Fsp3) is 0.538. The highest BCUT2D eigenvalue weighted by atomic mass is 35.5. The van der Waals surface area contributed by atoms with Crippen LogP contribution in [-0.2, 0) is 4.74 Å². The van der Waals surface area contributed by atoms with Crippen molar-refractivity contribution >= 4 is 23.0 Å². The fourth-order valence-electron chi connectivity index (χ4n) is 2.16. The highest BCUT2D eigenvalue weighted by molar-refractivity contribution is 6.31. The van der Waals surface area contributed by atoms with Crippen molar-refractivity contribution in [1.29, 1.82) is 0 Å². The summed E-state index contributed by atoms with van der Waals surface area (Å²) in [4.78, 5) is 10.6. The maximum atomic E-state index is 11.0. The number of nitrogens with zero attached hydrogens (tertiary/aromatic N) is 1. The van der Waals surface area contributed by atoms with Crippen molar-refractivity contribution in [1.82, 2.24) is 0 Å². The molecule has 0 spiro atoms. The highest BCUT2D eigenvalue weighted by Gasteiger charge is 2.28. The summed E-state index contributed by atoms with van der Waals surface area (Å²) in [6.45, 7) is 4.34. The third-order valence-electron chi connectivity index (χ3n) is 3.56. The molecule has 0 saturated carbocycles. The van der Waals surface area contributed by atoms with Gasteiger partial charge in [-0.2, -0.15) is 0 Å². The number of anilines is 1. The molecule has 2 rings (SSSR count). The number of ether oxygens (including phenoxy) is 1. The van der Waals surface area contributed by atoms with Crippen LogP contribution in [0.25, 0.3) is 0 Å². The van der Waals surface area contributed by atoms with Gasteiger partial charge >= 0.3 is 0 Å². The molecule has 0 bridgehead atoms. The number of nitro benzene ring substituents is 1. The van der Waals surface area contributed by atoms with Crippen LogP contribution in [0.5, 0.6) is 0 Å².